The Morgan fingerprint density at radius 2 is 1.69 bits per heavy atom. The summed E-state index contributed by atoms with van der Waals surface area (Å²) in [5.41, 5.74) is 0.204. The van der Waals surface area contributed by atoms with Crippen LogP contribution in [0.25, 0.3) is 0 Å². The second kappa shape index (κ2) is 10.6. The SMILES string of the molecule is COC(=O)C[C@H](c1ccccc1)[C@H](N=C(SC)SC)C(=O)OC(C)(C)C. The number of methoxy groups -OCH3 is 1. The lowest BCUT2D eigenvalue weighted by atomic mass is 9.88. The highest BCUT2D eigenvalue weighted by atomic mass is 32.2. The summed E-state index contributed by atoms with van der Waals surface area (Å²) in [6.07, 6.45) is 3.85. The van der Waals surface area contributed by atoms with Gasteiger partial charge in [0.25, 0.3) is 0 Å². The summed E-state index contributed by atoms with van der Waals surface area (Å²) >= 11 is 2.92. The molecule has 0 spiro atoms. The molecule has 0 fully saturated rings. The van der Waals surface area contributed by atoms with Crippen LogP contribution in [0.4, 0.5) is 0 Å². The van der Waals surface area contributed by atoms with Crippen LogP contribution >= 0.6 is 23.5 Å². The molecule has 7 heteroatoms. The largest absolute Gasteiger partial charge is 0.469 e. The van der Waals surface area contributed by atoms with Gasteiger partial charge < -0.3 is 9.47 Å². The normalized spacial score (nSPS) is 13.5. The summed E-state index contributed by atoms with van der Waals surface area (Å²) in [6.45, 7) is 5.44. The van der Waals surface area contributed by atoms with Crippen molar-refractivity contribution < 1.29 is 19.1 Å². The van der Waals surface area contributed by atoms with Crippen LogP contribution in [0.1, 0.15) is 38.7 Å². The van der Waals surface area contributed by atoms with Crippen molar-refractivity contribution in [1.82, 2.24) is 0 Å². The highest BCUT2D eigenvalue weighted by Gasteiger charge is 2.35. The van der Waals surface area contributed by atoms with E-state index in [2.05, 4.69) is 4.99 Å². The van der Waals surface area contributed by atoms with E-state index >= 15 is 0 Å². The van der Waals surface area contributed by atoms with Gasteiger partial charge in [-0.1, -0.05) is 30.3 Å². The second-order valence-corrected chi connectivity index (χ2v) is 8.43. The first kappa shape index (κ1) is 22.6. The molecule has 1 aromatic rings. The minimum atomic E-state index is -0.828. The van der Waals surface area contributed by atoms with E-state index in [1.54, 1.807) is 0 Å². The molecule has 0 aliphatic carbocycles. The third-order valence-corrected chi connectivity index (χ3v) is 5.37. The second-order valence-electron chi connectivity index (χ2n) is 6.58. The average molecular weight is 398 g/mol. The molecule has 0 radical (unpaired) electrons. The maximum Gasteiger partial charge on any atom is 0.332 e. The number of aliphatic imine (C=N–C) groups is 1. The molecule has 0 saturated carbocycles. The summed E-state index contributed by atoms with van der Waals surface area (Å²) in [5.74, 6) is -1.30. The lowest BCUT2D eigenvalue weighted by Crippen LogP contribution is -2.36. The molecule has 0 aromatic heterocycles. The van der Waals surface area contributed by atoms with Crippen LogP contribution in [-0.2, 0) is 19.1 Å². The Balaban J connectivity index is 3.37. The molecule has 0 unspecified atom stereocenters. The van der Waals surface area contributed by atoms with E-state index in [9.17, 15) is 9.59 Å². The lowest BCUT2D eigenvalue weighted by molar-refractivity contribution is -0.157. The van der Waals surface area contributed by atoms with Gasteiger partial charge in [0.05, 0.1) is 13.5 Å². The van der Waals surface area contributed by atoms with E-state index in [1.165, 1.54) is 30.6 Å². The quantitative estimate of drug-likeness (QED) is 0.409. The van der Waals surface area contributed by atoms with Gasteiger partial charge in [-0.2, -0.15) is 0 Å². The van der Waals surface area contributed by atoms with Crippen molar-refractivity contribution in [2.75, 3.05) is 19.6 Å². The van der Waals surface area contributed by atoms with Gasteiger partial charge in [0, 0.05) is 5.92 Å². The predicted octanol–water partition coefficient (Wildman–Crippen LogP) is 4.13. The van der Waals surface area contributed by atoms with Gasteiger partial charge in [0.2, 0.25) is 0 Å². The Morgan fingerprint density at radius 3 is 2.15 bits per heavy atom. The molecule has 0 aliphatic rings. The molecule has 1 rings (SSSR count). The molecule has 144 valence electrons. The molecule has 5 nitrogen and oxygen atoms in total. The van der Waals surface area contributed by atoms with Crippen LogP contribution in [0.3, 0.4) is 0 Å². The lowest BCUT2D eigenvalue weighted by Gasteiger charge is -2.27. The maximum atomic E-state index is 12.9. The van der Waals surface area contributed by atoms with Crippen molar-refractivity contribution in [2.24, 2.45) is 4.99 Å². The minimum Gasteiger partial charge on any atom is -0.469 e. The highest BCUT2D eigenvalue weighted by Crippen LogP contribution is 2.30. The third-order valence-electron chi connectivity index (χ3n) is 3.47. The molecular weight excluding hydrogens is 370 g/mol. The molecule has 0 N–H and O–H groups in total. The Kier molecular flexibility index (Phi) is 9.22. The van der Waals surface area contributed by atoms with Crippen LogP contribution in [0.15, 0.2) is 35.3 Å². The summed E-state index contributed by atoms with van der Waals surface area (Å²) in [4.78, 5) is 29.5. The van der Waals surface area contributed by atoms with Gasteiger partial charge in [-0.15, -0.1) is 23.5 Å². The summed E-state index contributed by atoms with van der Waals surface area (Å²) in [6, 6.07) is 8.58. The van der Waals surface area contributed by atoms with Gasteiger partial charge in [0.15, 0.2) is 6.04 Å². The first-order chi connectivity index (χ1) is 12.2. The molecule has 0 amide bonds. The highest BCUT2D eigenvalue weighted by molar-refractivity contribution is 8.38. The molecule has 0 aliphatic heterocycles. The molecule has 26 heavy (non-hydrogen) atoms. The van der Waals surface area contributed by atoms with E-state index in [-0.39, 0.29) is 6.42 Å². The fourth-order valence-corrected chi connectivity index (χ4v) is 3.45. The number of benzene rings is 1. The van der Waals surface area contributed by atoms with Gasteiger partial charge in [-0.05, 0) is 38.8 Å². The van der Waals surface area contributed by atoms with Crippen LogP contribution in [0, 0.1) is 0 Å². The van der Waals surface area contributed by atoms with Crippen molar-refractivity contribution in [1.29, 1.82) is 0 Å². The van der Waals surface area contributed by atoms with E-state index in [0.717, 1.165) is 9.94 Å². The van der Waals surface area contributed by atoms with Gasteiger partial charge in [-0.25, -0.2) is 4.79 Å². The van der Waals surface area contributed by atoms with Crippen molar-refractivity contribution in [2.45, 2.75) is 44.8 Å². The van der Waals surface area contributed by atoms with Crippen LogP contribution < -0.4 is 0 Å². The summed E-state index contributed by atoms with van der Waals surface area (Å²) in [5, 5.41) is 0. The number of carbonyl (C=O) groups excluding carboxylic acids is 2. The van der Waals surface area contributed by atoms with Gasteiger partial charge >= 0.3 is 11.9 Å². The first-order valence-corrected chi connectivity index (χ1v) is 10.7. The number of rotatable bonds is 6. The Morgan fingerprint density at radius 1 is 1.12 bits per heavy atom. The number of ether oxygens (including phenoxy) is 2. The Labute approximate surface area is 164 Å². The summed E-state index contributed by atoms with van der Waals surface area (Å²) in [7, 11) is 1.34. The number of hydrogen-bond acceptors (Lipinski definition) is 7. The van der Waals surface area contributed by atoms with Gasteiger partial charge in [-0.3, -0.25) is 9.79 Å². The smallest absolute Gasteiger partial charge is 0.332 e. The molecule has 2 atom stereocenters. The molecule has 1 aromatic carbocycles. The van der Waals surface area contributed by atoms with Crippen LogP contribution in [-0.4, -0.2) is 47.6 Å². The zero-order valence-corrected chi connectivity index (χ0v) is 17.8. The van der Waals surface area contributed by atoms with E-state index in [0.29, 0.717) is 0 Å². The number of hydrogen-bond donors (Lipinski definition) is 0. The number of nitrogens with zero attached hydrogens (tertiary/aromatic N) is 1. The standard InChI is InChI=1S/C19H27NO4S2/c1-19(2,3)24-17(22)16(20-18(25-5)26-6)14(12-15(21)23-4)13-10-8-7-9-11-13/h7-11,14,16H,12H2,1-6H3/t14-,16+/m1/s1. The minimum absolute atomic E-state index is 0.0456. The first-order valence-electron chi connectivity index (χ1n) is 8.22. The fraction of sp³-hybridized carbons (Fsp3) is 0.526. The van der Waals surface area contributed by atoms with E-state index < -0.39 is 29.5 Å². The third kappa shape index (κ3) is 7.41. The summed E-state index contributed by atoms with van der Waals surface area (Å²) < 4.78 is 11.2. The number of esters is 2. The van der Waals surface area contributed by atoms with Crippen molar-refractivity contribution >= 4 is 39.8 Å². The molecular formula is C19H27NO4S2. The van der Waals surface area contributed by atoms with E-state index in [1.807, 2.05) is 63.6 Å². The zero-order valence-electron chi connectivity index (χ0n) is 16.1. The van der Waals surface area contributed by atoms with E-state index in [4.69, 9.17) is 9.47 Å². The molecule has 0 saturated heterocycles. The number of thioether (sulfide) groups is 2. The average Bonchev–Trinajstić information content (AvgIpc) is 2.60. The van der Waals surface area contributed by atoms with Crippen LogP contribution in [0.5, 0.6) is 0 Å². The van der Waals surface area contributed by atoms with Gasteiger partial charge in [0.1, 0.15) is 9.98 Å². The zero-order chi connectivity index (χ0) is 19.7. The fourth-order valence-electron chi connectivity index (χ4n) is 2.35. The molecule has 0 bridgehead atoms. The maximum absolute atomic E-state index is 12.9. The number of carbonyl (C=O) groups is 2. The topological polar surface area (TPSA) is 65.0 Å². The van der Waals surface area contributed by atoms with Crippen molar-refractivity contribution in [3.05, 3.63) is 35.9 Å². The van der Waals surface area contributed by atoms with Crippen molar-refractivity contribution in [3.63, 3.8) is 0 Å². The monoisotopic (exact) mass is 397 g/mol. The Bertz CT molecular complexity index is 620. The van der Waals surface area contributed by atoms with Crippen LogP contribution in [0.2, 0.25) is 0 Å². The van der Waals surface area contributed by atoms with Crippen molar-refractivity contribution in [3.8, 4) is 0 Å². The Hall–Kier alpha value is -1.47. The molecule has 0 heterocycles. The predicted molar refractivity (Wildman–Crippen MR) is 110 cm³/mol.